The normalized spacial score (nSPS) is 9.33. The number of aliphatic carboxylic acids is 1. The Bertz CT molecular complexity index is 408. The first kappa shape index (κ1) is 11.1. The van der Waals surface area contributed by atoms with Crippen molar-refractivity contribution in [2.45, 2.75) is 13.3 Å². The maximum absolute atomic E-state index is 10.4. The van der Waals surface area contributed by atoms with E-state index in [4.69, 9.17) is 10.4 Å². The molecule has 0 saturated carbocycles. The zero-order valence-electron chi connectivity index (χ0n) is 8.45. The lowest BCUT2D eigenvalue weighted by molar-refractivity contribution is -0.134. The number of nitriles is 1. The van der Waals surface area contributed by atoms with Gasteiger partial charge >= 0.3 is 5.97 Å². The molecule has 0 unspecified atom stereocenters. The first-order valence-corrected chi connectivity index (χ1v) is 4.66. The molecule has 0 saturated heterocycles. The van der Waals surface area contributed by atoms with Gasteiger partial charge in [0.2, 0.25) is 0 Å². The van der Waals surface area contributed by atoms with Crippen molar-refractivity contribution >= 4 is 11.7 Å². The molecule has 4 heteroatoms. The molecule has 78 valence electrons. The summed E-state index contributed by atoms with van der Waals surface area (Å²) in [5, 5.41) is 20.2. The third kappa shape index (κ3) is 2.71. The van der Waals surface area contributed by atoms with Gasteiger partial charge in [0.1, 0.15) is 6.54 Å². The summed E-state index contributed by atoms with van der Waals surface area (Å²) in [6.45, 7) is 1.80. The van der Waals surface area contributed by atoms with Gasteiger partial charge < -0.3 is 10.4 Å². The van der Waals surface area contributed by atoms with E-state index in [1.54, 1.807) is 18.2 Å². The second kappa shape index (κ2) is 5.01. The van der Waals surface area contributed by atoms with Crippen LogP contribution in [0.5, 0.6) is 0 Å². The van der Waals surface area contributed by atoms with Gasteiger partial charge in [0.05, 0.1) is 11.6 Å². The summed E-state index contributed by atoms with van der Waals surface area (Å²) in [7, 11) is 0. The van der Waals surface area contributed by atoms with E-state index in [1.807, 2.05) is 6.92 Å². The largest absolute Gasteiger partial charge is 0.480 e. The van der Waals surface area contributed by atoms with Crippen molar-refractivity contribution in [3.05, 3.63) is 29.3 Å². The minimum Gasteiger partial charge on any atom is -0.480 e. The lowest BCUT2D eigenvalue weighted by atomic mass is 10.0. The monoisotopic (exact) mass is 204 g/mol. The first-order valence-electron chi connectivity index (χ1n) is 4.66. The Kier molecular flexibility index (Phi) is 3.69. The molecule has 1 aromatic rings. The van der Waals surface area contributed by atoms with Gasteiger partial charge in [0.15, 0.2) is 0 Å². The molecule has 0 aromatic heterocycles. The van der Waals surface area contributed by atoms with E-state index in [0.717, 1.165) is 11.3 Å². The minimum absolute atomic E-state index is 0.137. The number of nitrogens with one attached hydrogen (secondary N) is 1. The number of hydrogen-bond acceptors (Lipinski definition) is 3. The quantitative estimate of drug-likeness (QED) is 0.781. The highest BCUT2D eigenvalue weighted by Gasteiger charge is 2.06. The second-order valence-electron chi connectivity index (χ2n) is 3.04. The van der Waals surface area contributed by atoms with Crippen LogP contribution < -0.4 is 5.32 Å². The van der Waals surface area contributed by atoms with Gasteiger partial charge in [0, 0.05) is 5.69 Å². The molecule has 0 amide bonds. The number of nitrogens with zero attached hydrogens (tertiary/aromatic N) is 1. The number of hydrogen-bond donors (Lipinski definition) is 2. The van der Waals surface area contributed by atoms with Crippen LogP contribution >= 0.6 is 0 Å². The highest BCUT2D eigenvalue weighted by atomic mass is 16.4. The Balaban J connectivity index is 2.97. The van der Waals surface area contributed by atoms with E-state index >= 15 is 0 Å². The Morgan fingerprint density at radius 3 is 2.87 bits per heavy atom. The fourth-order valence-electron chi connectivity index (χ4n) is 1.41. The average molecular weight is 204 g/mol. The van der Waals surface area contributed by atoms with Gasteiger partial charge in [-0.05, 0) is 24.1 Å². The van der Waals surface area contributed by atoms with Gasteiger partial charge in [0.25, 0.3) is 0 Å². The van der Waals surface area contributed by atoms with E-state index in [1.165, 1.54) is 0 Å². The summed E-state index contributed by atoms with van der Waals surface area (Å²) in [5.41, 5.74) is 2.17. The van der Waals surface area contributed by atoms with Crippen LogP contribution in [-0.4, -0.2) is 17.6 Å². The molecule has 4 nitrogen and oxygen atoms in total. The summed E-state index contributed by atoms with van der Waals surface area (Å²) in [5.74, 6) is -0.917. The van der Waals surface area contributed by atoms with E-state index in [9.17, 15) is 4.79 Å². The van der Waals surface area contributed by atoms with Crippen LogP contribution in [0.2, 0.25) is 0 Å². The topological polar surface area (TPSA) is 73.1 Å². The Labute approximate surface area is 88.2 Å². The summed E-state index contributed by atoms with van der Waals surface area (Å²) in [4.78, 5) is 10.4. The van der Waals surface area contributed by atoms with Gasteiger partial charge in [-0.3, -0.25) is 4.79 Å². The highest BCUT2D eigenvalue weighted by Crippen LogP contribution is 2.19. The van der Waals surface area contributed by atoms with Crippen molar-refractivity contribution in [2.75, 3.05) is 11.9 Å². The van der Waals surface area contributed by atoms with Gasteiger partial charge in [-0.15, -0.1) is 0 Å². The lowest BCUT2D eigenvalue weighted by Gasteiger charge is -2.10. The summed E-state index contributed by atoms with van der Waals surface area (Å²) < 4.78 is 0. The maximum Gasteiger partial charge on any atom is 0.322 e. The molecule has 0 heterocycles. The molecule has 0 radical (unpaired) electrons. The molecule has 15 heavy (non-hydrogen) atoms. The molecule has 0 aliphatic carbocycles. The van der Waals surface area contributed by atoms with Crippen LogP contribution in [0.4, 0.5) is 5.69 Å². The maximum atomic E-state index is 10.4. The smallest absolute Gasteiger partial charge is 0.322 e. The van der Waals surface area contributed by atoms with E-state index in [0.29, 0.717) is 12.0 Å². The molecule has 0 spiro atoms. The molecule has 0 bridgehead atoms. The van der Waals surface area contributed by atoms with Crippen molar-refractivity contribution in [2.24, 2.45) is 0 Å². The van der Waals surface area contributed by atoms with Crippen molar-refractivity contribution in [1.29, 1.82) is 5.26 Å². The van der Waals surface area contributed by atoms with Crippen LogP contribution in [0.3, 0.4) is 0 Å². The van der Waals surface area contributed by atoms with Crippen molar-refractivity contribution in [3.8, 4) is 6.07 Å². The molecule has 0 fully saturated rings. The predicted molar refractivity (Wildman–Crippen MR) is 56.7 cm³/mol. The van der Waals surface area contributed by atoms with Crippen molar-refractivity contribution < 1.29 is 9.90 Å². The van der Waals surface area contributed by atoms with Crippen LogP contribution in [0.25, 0.3) is 0 Å². The number of carboxylic acids is 1. The van der Waals surface area contributed by atoms with Crippen molar-refractivity contribution in [3.63, 3.8) is 0 Å². The van der Waals surface area contributed by atoms with Gasteiger partial charge in [-0.2, -0.15) is 5.26 Å². The number of carboxylic acid groups (broad SMARTS) is 1. The summed E-state index contributed by atoms with van der Waals surface area (Å²) >= 11 is 0. The third-order valence-corrected chi connectivity index (χ3v) is 2.08. The Hall–Kier alpha value is -2.02. The Morgan fingerprint density at radius 1 is 1.60 bits per heavy atom. The van der Waals surface area contributed by atoms with Crippen LogP contribution in [-0.2, 0) is 11.2 Å². The fourth-order valence-corrected chi connectivity index (χ4v) is 1.41. The molecule has 0 aliphatic heterocycles. The van der Waals surface area contributed by atoms with E-state index < -0.39 is 5.97 Å². The predicted octanol–water partition coefficient (Wildman–Crippen LogP) is 1.62. The fraction of sp³-hybridized carbons (Fsp3) is 0.273. The third-order valence-electron chi connectivity index (χ3n) is 2.08. The molecular weight excluding hydrogens is 192 g/mol. The minimum atomic E-state index is -0.917. The zero-order chi connectivity index (χ0) is 11.3. The molecule has 0 aliphatic rings. The average Bonchev–Trinajstić information content (AvgIpc) is 2.25. The standard InChI is InChI=1S/C11H12N2O2/c1-2-9-8(6-12)4-3-5-10(9)13-7-11(14)15/h3-5,13H,2,7H2,1H3,(H,14,15). The zero-order valence-corrected chi connectivity index (χ0v) is 8.45. The van der Waals surface area contributed by atoms with E-state index in [-0.39, 0.29) is 6.54 Å². The highest BCUT2D eigenvalue weighted by molar-refractivity contribution is 5.73. The molecule has 1 rings (SSSR count). The lowest BCUT2D eigenvalue weighted by Crippen LogP contribution is -2.13. The first-order chi connectivity index (χ1) is 7.19. The number of rotatable bonds is 4. The molecular formula is C11H12N2O2. The Morgan fingerprint density at radius 2 is 2.33 bits per heavy atom. The van der Waals surface area contributed by atoms with Gasteiger partial charge in [-0.25, -0.2) is 0 Å². The number of anilines is 1. The van der Waals surface area contributed by atoms with Crippen LogP contribution in [0.15, 0.2) is 18.2 Å². The van der Waals surface area contributed by atoms with Crippen LogP contribution in [0, 0.1) is 11.3 Å². The SMILES string of the molecule is CCc1c(C#N)cccc1NCC(=O)O. The second-order valence-corrected chi connectivity index (χ2v) is 3.04. The molecule has 2 N–H and O–H groups in total. The van der Waals surface area contributed by atoms with Crippen LogP contribution in [0.1, 0.15) is 18.1 Å². The number of benzene rings is 1. The van der Waals surface area contributed by atoms with E-state index in [2.05, 4.69) is 11.4 Å². The summed E-state index contributed by atoms with van der Waals surface area (Å²) in [6.07, 6.45) is 0.700. The molecule has 1 aromatic carbocycles. The summed E-state index contributed by atoms with van der Waals surface area (Å²) in [6, 6.07) is 7.33. The van der Waals surface area contributed by atoms with Gasteiger partial charge in [-0.1, -0.05) is 13.0 Å². The van der Waals surface area contributed by atoms with Crippen molar-refractivity contribution in [1.82, 2.24) is 0 Å². The number of carbonyl (C=O) groups is 1. The molecule has 0 atom stereocenters.